The van der Waals surface area contributed by atoms with Crippen LogP contribution in [0.15, 0.2) is 24.4 Å². The topological polar surface area (TPSA) is 71.4 Å². The van der Waals surface area contributed by atoms with E-state index in [2.05, 4.69) is 9.88 Å². The van der Waals surface area contributed by atoms with Gasteiger partial charge in [-0.3, -0.25) is 0 Å². The standard InChI is InChI=1S/C17H25N3O2.2ClH/c1-11(2)16(18)17(21)22-14-7-5-6-13-15(14)12(10-19-13)8-9-20(3)4;;/h5-7,10-11,16,19H,8-9,18H2,1-4H3;2*1H. The van der Waals surface area contributed by atoms with Crippen molar-refractivity contribution in [3.63, 3.8) is 0 Å². The van der Waals surface area contributed by atoms with Crippen LogP contribution in [0, 0.1) is 5.92 Å². The number of ether oxygens (including phenoxy) is 1. The zero-order chi connectivity index (χ0) is 16.3. The van der Waals surface area contributed by atoms with Gasteiger partial charge in [0.1, 0.15) is 11.8 Å². The summed E-state index contributed by atoms with van der Waals surface area (Å²) in [5.74, 6) is 0.238. The summed E-state index contributed by atoms with van der Waals surface area (Å²) in [5.41, 5.74) is 7.99. The summed E-state index contributed by atoms with van der Waals surface area (Å²) >= 11 is 0. The zero-order valence-corrected chi connectivity index (χ0v) is 16.2. The van der Waals surface area contributed by atoms with E-state index < -0.39 is 6.04 Å². The second kappa shape index (κ2) is 9.89. The molecule has 1 aromatic carbocycles. The Balaban J connectivity index is 0.00000264. The van der Waals surface area contributed by atoms with Crippen LogP contribution in [0.4, 0.5) is 0 Å². The van der Waals surface area contributed by atoms with Crippen molar-refractivity contribution < 1.29 is 9.53 Å². The third kappa shape index (κ3) is 5.38. The van der Waals surface area contributed by atoms with Crippen LogP contribution in [-0.4, -0.2) is 42.5 Å². The molecule has 0 fully saturated rings. The SMILES string of the molecule is CC(C)C(N)C(=O)Oc1cccc2[nH]cc(CCN(C)C)c12.Cl.Cl. The monoisotopic (exact) mass is 375 g/mol. The number of nitrogens with zero attached hydrogens (tertiary/aromatic N) is 1. The molecule has 0 bridgehead atoms. The van der Waals surface area contributed by atoms with E-state index in [1.54, 1.807) is 0 Å². The number of aromatic nitrogens is 1. The van der Waals surface area contributed by atoms with Crippen LogP contribution in [0.1, 0.15) is 19.4 Å². The smallest absolute Gasteiger partial charge is 0.328 e. The molecular formula is C17H27Cl2N3O2. The molecule has 3 N–H and O–H groups in total. The van der Waals surface area contributed by atoms with Crippen molar-refractivity contribution in [2.75, 3.05) is 20.6 Å². The van der Waals surface area contributed by atoms with Gasteiger partial charge in [0.25, 0.3) is 0 Å². The Morgan fingerprint density at radius 2 is 1.96 bits per heavy atom. The van der Waals surface area contributed by atoms with Gasteiger partial charge in [-0.15, -0.1) is 24.8 Å². The van der Waals surface area contributed by atoms with Gasteiger partial charge in [-0.2, -0.15) is 0 Å². The summed E-state index contributed by atoms with van der Waals surface area (Å²) < 4.78 is 5.56. The molecule has 0 saturated heterocycles. The zero-order valence-electron chi connectivity index (χ0n) is 14.5. The average Bonchev–Trinajstić information content (AvgIpc) is 2.88. The quantitative estimate of drug-likeness (QED) is 0.601. The van der Waals surface area contributed by atoms with Gasteiger partial charge in [0.2, 0.25) is 0 Å². The molecule has 0 spiro atoms. The van der Waals surface area contributed by atoms with Crippen molar-refractivity contribution in [3.05, 3.63) is 30.0 Å². The lowest BCUT2D eigenvalue weighted by Gasteiger charge is -2.15. The first-order valence-electron chi connectivity index (χ1n) is 7.61. The molecule has 0 aliphatic heterocycles. The third-order valence-corrected chi connectivity index (χ3v) is 3.78. The number of benzene rings is 1. The van der Waals surface area contributed by atoms with Crippen molar-refractivity contribution in [1.29, 1.82) is 0 Å². The summed E-state index contributed by atoms with van der Waals surface area (Å²) in [4.78, 5) is 17.5. The highest BCUT2D eigenvalue weighted by molar-refractivity contribution is 5.92. The minimum absolute atomic E-state index is 0. The number of aromatic amines is 1. The number of nitrogens with one attached hydrogen (secondary N) is 1. The summed E-state index contributed by atoms with van der Waals surface area (Å²) in [6, 6.07) is 5.06. The molecule has 0 radical (unpaired) electrons. The molecule has 0 aliphatic carbocycles. The van der Waals surface area contributed by atoms with E-state index in [-0.39, 0.29) is 36.7 Å². The lowest BCUT2D eigenvalue weighted by atomic mass is 10.1. The van der Waals surface area contributed by atoms with Crippen molar-refractivity contribution in [3.8, 4) is 5.75 Å². The van der Waals surface area contributed by atoms with Crippen LogP contribution in [0.5, 0.6) is 5.75 Å². The highest BCUT2D eigenvalue weighted by atomic mass is 35.5. The van der Waals surface area contributed by atoms with Crippen LogP contribution in [-0.2, 0) is 11.2 Å². The molecule has 136 valence electrons. The Bertz CT molecular complexity index is 656. The van der Waals surface area contributed by atoms with Crippen molar-refractivity contribution in [1.82, 2.24) is 9.88 Å². The van der Waals surface area contributed by atoms with E-state index >= 15 is 0 Å². The second-order valence-corrected chi connectivity index (χ2v) is 6.24. The Hall–Kier alpha value is -1.27. The second-order valence-electron chi connectivity index (χ2n) is 6.24. The highest BCUT2D eigenvalue weighted by Gasteiger charge is 2.21. The minimum Gasteiger partial charge on any atom is -0.425 e. The number of fused-ring (bicyclic) bond motifs is 1. The lowest BCUT2D eigenvalue weighted by molar-refractivity contribution is -0.136. The Morgan fingerprint density at radius 3 is 2.54 bits per heavy atom. The predicted molar refractivity (Wildman–Crippen MR) is 104 cm³/mol. The molecule has 2 aromatic rings. The van der Waals surface area contributed by atoms with Gasteiger partial charge in [0, 0.05) is 23.6 Å². The summed E-state index contributed by atoms with van der Waals surface area (Å²) in [7, 11) is 4.08. The predicted octanol–water partition coefficient (Wildman–Crippen LogP) is 3.00. The Labute approximate surface area is 155 Å². The number of likely N-dealkylation sites (N-methyl/N-ethyl adjacent to an activating group) is 1. The number of rotatable bonds is 6. The van der Waals surface area contributed by atoms with E-state index in [4.69, 9.17) is 10.5 Å². The van der Waals surface area contributed by atoms with E-state index in [0.717, 1.165) is 29.4 Å². The maximum Gasteiger partial charge on any atom is 0.328 e. The third-order valence-electron chi connectivity index (χ3n) is 3.78. The van der Waals surface area contributed by atoms with E-state index in [9.17, 15) is 4.79 Å². The van der Waals surface area contributed by atoms with Crippen molar-refractivity contribution in [2.45, 2.75) is 26.3 Å². The Morgan fingerprint density at radius 1 is 1.29 bits per heavy atom. The molecular weight excluding hydrogens is 349 g/mol. The minimum atomic E-state index is -0.612. The Kier molecular flexibility index (Phi) is 9.37. The number of H-pyrrole nitrogens is 1. The average molecular weight is 376 g/mol. The normalized spacial score (nSPS) is 12.0. The summed E-state index contributed by atoms with van der Waals surface area (Å²) in [5, 5.41) is 0.966. The molecule has 1 aromatic heterocycles. The largest absolute Gasteiger partial charge is 0.425 e. The van der Waals surface area contributed by atoms with Crippen LogP contribution in [0.3, 0.4) is 0 Å². The van der Waals surface area contributed by atoms with Gasteiger partial charge >= 0.3 is 5.97 Å². The van der Waals surface area contributed by atoms with Gasteiger partial charge in [-0.05, 0) is 44.1 Å². The molecule has 1 atom stereocenters. The number of halogens is 2. The number of carbonyl (C=O) groups excluding carboxylic acids is 1. The number of carbonyl (C=O) groups is 1. The van der Waals surface area contributed by atoms with Crippen LogP contribution in [0.25, 0.3) is 10.9 Å². The van der Waals surface area contributed by atoms with Gasteiger partial charge in [0.15, 0.2) is 0 Å². The number of esters is 1. The maximum absolute atomic E-state index is 12.1. The fraction of sp³-hybridized carbons (Fsp3) is 0.471. The maximum atomic E-state index is 12.1. The molecule has 1 unspecified atom stereocenters. The molecule has 0 saturated carbocycles. The van der Waals surface area contributed by atoms with Gasteiger partial charge < -0.3 is 20.4 Å². The fourth-order valence-electron chi connectivity index (χ4n) is 2.29. The number of hydrogen-bond donors (Lipinski definition) is 2. The molecule has 0 aliphatic rings. The van der Waals surface area contributed by atoms with E-state index in [1.807, 2.05) is 52.3 Å². The van der Waals surface area contributed by atoms with Crippen molar-refractivity contribution >= 4 is 41.7 Å². The molecule has 0 amide bonds. The van der Waals surface area contributed by atoms with Crippen molar-refractivity contribution in [2.24, 2.45) is 11.7 Å². The van der Waals surface area contributed by atoms with Gasteiger partial charge in [-0.25, -0.2) is 4.79 Å². The van der Waals surface area contributed by atoms with Gasteiger partial charge in [0.05, 0.1) is 0 Å². The van der Waals surface area contributed by atoms with E-state index in [1.165, 1.54) is 0 Å². The van der Waals surface area contributed by atoms with Crippen LogP contribution in [0.2, 0.25) is 0 Å². The van der Waals surface area contributed by atoms with E-state index in [0.29, 0.717) is 5.75 Å². The summed E-state index contributed by atoms with van der Waals surface area (Å²) in [6.07, 6.45) is 2.87. The first kappa shape index (κ1) is 22.7. The molecule has 7 heteroatoms. The molecule has 24 heavy (non-hydrogen) atoms. The highest BCUT2D eigenvalue weighted by Crippen LogP contribution is 2.29. The van der Waals surface area contributed by atoms with Crippen LogP contribution >= 0.6 is 24.8 Å². The lowest BCUT2D eigenvalue weighted by Crippen LogP contribution is -2.38. The van der Waals surface area contributed by atoms with Gasteiger partial charge in [-0.1, -0.05) is 19.9 Å². The molecule has 1 heterocycles. The molecule has 2 rings (SSSR count). The first-order valence-corrected chi connectivity index (χ1v) is 7.61. The fourth-order valence-corrected chi connectivity index (χ4v) is 2.29. The van der Waals surface area contributed by atoms with Crippen LogP contribution < -0.4 is 10.5 Å². The molecule has 5 nitrogen and oxygen atoms in total. The summed E-state index contributed by atoms with van der Waals surface area (Å²) in [6.45, 7) is 4.75. The first-order chi connectivity index (χ1) is 10.4. The number of nitrogens with two attached hydrogens (primary N) is 1. The number of hydrogen-bond acceptors (Lipinski definition) is 4.